The first-order valence-corrected chi connectivity index (χ1v) is 5.48. The summed E-state index contributed by atoms with van der Waals surface area (Å²) in [6, 6.07) is 5.08. The van der Waals surface area contributed by atoms with Crippen LogP contribution in [-0.2, 0) is 9.53 Å². The van der Waals surface area contributed by atoms with Crippen LogP contribution in [0.15, 0.2) is 18.2 Å². The van der Waals surface area contributed by atoms with Crippen molar-refractivity contribution in [2.75, 3.05) is 18.9 Å². The fraction of sp³-hybridized carbons (Fsp3) is 0.333. The first-order chi connectivity index (χ1) is 8.52. The molecule has 0 unspecified atom stereocenters. The van der Waals surface area contributed by atoms with E-state index in [-0.39, 0.29) is 13.2 Å². The standard InChI is InChI=1S/C12H16N2O4/c1-3-17-12(16)14-11(15)7-18-10-5-4-9(13)6-8(10)2/h4-6H,3,7,13H2,1-2H3,(H,14,15,16). The van der Waals surface area contributed by atoms with E-state index < -0.39 is 12.0 Å². The van der Waals surface area contributed by atoms with Crippen molar-refractivity contribution < 1.29 is 19.1 Å². The van der Waals surface area contributed by atoms with Crippen molar-refractivity contribution in [1.82, 2.24) is 5.32 Å². The van der Waals surface area contributed by atoms with Gasteiger partial charge in [-0.1, -0.05) is 0 Å². The van der Waals surface area contributed by atoms with Crippen LogP contribution in [0.4, 0.5) is 10.5 Å². The number of nitrogen functional groups attached to an aromatic ring is 1. The van der Waals surface area contributed by atoms with Crippen LogP contribution in [0.2, 0.25) is 0 Å². The number of hydrogen-bond donors (Lipinski definition) is 2. The van der Waals surface area contributed by atoms with Gasteiger partial charge in [0.1, 0.15) is 5.75 Å². The summed E-state index contributed by atoms with van der Waals surface area (Å²) in [4.78, 5) is 22.3. The Morgan fingerprint density at radius 2 is 2.11 bits per heavy atom. The summed E-state index contributed by atoms with van der Waals surface area (Å²) in [5.74, 6) is -0.0205. The Morgan fingerprint density at radius 3 is 2.72 bits per heavy atom. The molecule has 0 heterocycles. The Balaban J connectivity index is 2.45. The molecule has 1 aromatic carbocycles. The quantitative estimate of drug-likeness (QED) is 0.786. The van der Waals surface area contributed by atoms with Crippen molar-refractivity contribution in [3.63, 3.8) is 0 Å². The molecule has 2 amide bonds. The number of amides is 2. The van der Waals surface area contributed by atoms with E-state index in [1.807, 2.05) is 12.2 Å². The molecule has 0 saturated carbocycles. The van der Waals surface area contributed by atoms with Crippen LogP contribution in [0, 0.1) is 6.92 Å². The van der Waals surface area contributed by atoms with E-state index in [4.69, 9.17) is 10.5 Å². The van der Waals surface area contributed by atoms with Gasteiger partial charge >= 0.3 is 6.09 Å². The lowest BCUT2D eigenvalue weighted by Crippen LogP contribution is -2.34. The van der Waals surface area contributed by atoms with Gasteiger partial charge in [0, 0.05) is 5.69 Å². The molecule has 0 radical (unpaired) electrons. The molecule has 6 heteroatoms. The SMILES string of the molecule is CCOC(=O)NC(=O)COc1ccc(N)cc1C. The monoisotopic (exact) mass is 252 g/mol. The minimum absolute atomic E-state index is 0.205. The fourth-order valence-electron chi connectivity index (χ4n) is 1.29. The number of carbonyl (C=O) groups excluding carboxylic acids is 2. The van der Waals surface area contributed by atoms with E-state index >= 15 is 0 Å². The molecular formula is C12H16N2O4. The van der Waals surface area contributed by atoms with Gasteiger partial charge in [0.25, 0.3) is 5.91 Å². The van der Waals surface area contributed by atoms with E-state index in [9.17, 15) is 9.59 Å². The molecular weight excluding hydrogens is 236 g/mol. The molecule has 0 aliphatic rings. The number of aryl methyl sites for hydroxylation is 1. The number of hydrogen-bond acceptors (Lipinski definition) is 5. The van der Waals surface area contributed by atoms with Gasteiger partial charge < -0.3 is 15.2 Å². The van der Waals surface area contributed by atoms with E-state index in [0.717, 1.165) is 5.56 Å². The zero-order valence-corrected chi connectivity index (χ0v) is 10.4. The van der Waals surface area contributed by atoms with E-state index in [0.29, 0.717) is 11.4 Å². The van der Waals surface area contributed by atoms with Crippen LogP contribution in [-0.4, -0.2) is 25.2 Å². The summed E-state index contributed by atoms with van der Waals surface area (Å²) < 4.78 is 9.82. The maximum Gasteiger partial charge on any atom is 0.413 e. The Bertz CT molecular complexity index is 446. The van der Waals surface area contributed by atoms with Crippen molar-refractivity contribution in [1.29, 1.82) is 0 Å². The average Bonchev–Trinajstić information content (AvgIpc) is 2.28. The number of imide groups is 1. The van der Waals surface area contributed by atoms with Crippen LogP contribution >= 0.6 is 0 Å². The second-order valence-corrected chi connectivity index (χ2v) is 3.58. The van der Waals surface area contributed by atoms with Gasteiger partial charge in [0.2, 0.25) is 0 Å². The highest BCUT2D eigenvalue weighted by molar-refractivity contribution is 5.92. The summed E-state index contributed by atoms with van der Waals surface area (Å²) in [6.45, 7) is 3.41. The van der Waals surface area contributed by atoms with Crippen molar-refractivity contribution in [3.05, 3.63) is 23.8 Å². The van der Waals surface area contributed by atoms with Crippen molar-refractivity contribution >= 4 is 17.7 Å². The number of carbonyl (C=O) groups is 2. The van der Waals surface area contributed by atoms with Gasteiger partial charge in [0.15, 0.2) is 6.61 Å². The molecule has 1 aromatic rings. The summed E-state index contributed by atoms with van der Waals surface area (Å²) in [6.07, 6.45) is -0.778. The molecule has 0 saturated heterocycles. The molecule has 3 N–H and O–H groups in total. The molecule has 18 heavy (non-hydrogen) atoms. The predicted octanol–water partition coefficient (Wildman–Crippen LogP) is 1.23. The summed E-state index contributed by atoms with van der Waals surface area (Å²) in [7, 11) is 0. The van der Waals surface area contributed by atoms with Crippen molar-refractivity contribution in [2.45, 2.75) is 13.8 Å². The van der Waals surface area contributed by atoms with Gasteiger partial charge in [-0.05, 0) is 37.6 Å². The Kier molecular flexibility index (Phi) is 4.98. The number of nitrogens with one attached hydrogen (secondary N) is 1. The highest BCUT2D eigenvalue weighted by atomic mass is 16.5. The maximum absolute atomic E-state index is 11.3. The Hall–Kier alpha value is -2.24. The van der Waals surface area contributed by atoms with Gasteiger partial charge in [-0.15, -0.1) is 0 Å². The van der Waals surface area contributed by atoms with E-state index in [1.165, 1.54) is 0 Å². The van der Waals surface area contributed by atoms with Gasteiger partial charge in [-0.25, -0.2) is 4.79 Å². The van der Waals surface area contributed by atoms with E-state index in [1.54, 1.807) is 25.1 Å². The fourth-order valence-corrected chi connectivity index (χ4v) is 1.29. The van der Waals surface area contributed by atoms with E-state index in [2.05, 4.69) is 4.74 Å². The lowest BCUT2D eigenvalue weighted by Gasteiger charge is -2.09. The number of benzene rings is 1. The lowest BCUT2D eigenvalue weighted by molar-refractivity contribution is -0.122. The highest BCUT2D eigenvalue weighted by Crippen LogP contribution is 2.19. The lowest BCUT2D eigenvalue weighted by atomic mass is 10.2. The average molecular weight is 252 g/mol. The smallest absolute Gasteiger partial charge is 0.413 e. The van der Waals surface area contributed by atoms with Gasteiger partial charge in [-0.3, -0.25) is 10.1 Å². The molecule has 0 aromatic heterocycles. The minimum Gasteiger partial charge on any atom is -0.483 e. The van der Waals surface area contributed by atoms with Gasteiger partial charge in [0.05, 0.1) is 6.61 Å². The van der Waals surface area contributed by atoms with Crippen LogP contribution in [0.5, 0.6) is 5.75 Å². The molecule has 6 nitrogen and oxygen atoms in total. The van der Waals surface area contributed by atoms with Crippen molar-refractivity contribution in [3.8, 4) is 5.75 Å². The molecule has 0 aliphatic heterocycles. The number of anilines is 1. The third-order valence-corrected chi connectivity index (χ3v) is 2.07. The molecule has 0 aliphatic carbocycles. The highest BCUT2D eigenvalue weighted by Gasteiger charge is 2.09. The van der Waals surface area contributed by atoms with Gasteiger partial charge in [-0.2, -0.15) is 0 Å². The summed E-state index contributed by atoms with van der Waals surface area (Å²) >= 11 is 0. The predicted molar refractivity (Wildman–Crippen MR) is 66.3 cm³/mol. The van der Waals surface area contributed by atoms with Crippen LogP contribution in [0.25, 0.3) is 0 Å². The first-order valence-electron chi connectivity index (χ1n) is 5.48. The Labute approximate surface area is 105 Å². The molecule has 0 spiro atoms. The molecule has 0 fully saturated rings. The zero-order valence-electron chi connectivity index (χ0n) is 10.4. The normalized spacial score (nSPS) is 9.67. The van der Waals surface area contributed by atoms with Crippen molar-refractivity contribution in [2.24, 2.45) is 0 Å². The molecule has 0 bridgehead atoms. The second-order valence-electron chi connectivity index (χ2n) is 3.58. The minimum atomic E-state index is -0.778. The maximum atomic E-state index is 11.3. The van der Waals surface area contributed by atoms with Crippen LogP contribution in [0.3, 0.4) is 0 Å². The number of ether oxygens (including phenoxy) is 2. The van der Waals surface area contributed by atoms with Crippen LogP contribution in [0.1, 0.15) is 12.5 Å². The zero-order chi connectivity index (χ0) is 13.5. The second kappa shape index (κ2) is 6.48. The molecule has 98 valence electrons. The number of nitrogens with two attached hydrogens (primary N) is 1. The first kappa shape index (κ1) is 13.8. The summed E-state index contributed by atoms with van der Waals surface area (Å²) in [5.41, 5.74) is 7.03. The topological polar surface area (TPSA) is 90.6 Å². The largest absolute Gasteiger partial charge is 0.483 e. The molecule has 1 rings (SSSR count). The number of rotatable bonds is 4. The third-order valence-electron chi connectivity index (χ3n) is 2.07. The Morgan fingerprint density at radius 1 is 1.39 bits per heavy atom. The molecule has 0 atom stereocenters. The van der Waals surface area contributed by atoms with Crippen LogP contribution < -0.4 is 15.8 Å². The third kappa shape index (κ3) is 4.32. The number of alkyl carbamates (subject to hydrolysis) is 1. The summed E-state index contributed by atoms with van der Waals surface area (Å²) in [5, 5.41) is 2.03.